The summed E-state index contributed by atoms with van der Waals surface area (Å²) >= 11 is 5.50. The highest BCUT2D eigenvalue weighted by molar-refractivity contribution is 7.80. The first-order valence-corrected chi connectivity index (χ1v) is 10.8. The number of rotatable bonds is 9. The van der Waals surface area contributed by atoms with Gasteiger partial charge in [0.2, 0.25) is 5.91 Å². The Kier molecular flexibility index (Phi) is 9.61. The lowest BCUT2D eigenvalue weighted by Crippen LogP contribution is -2.55. The van der Waals surface area contributed by atoms with Gasteiger partial charge in [0.25, 0.3) is 0 Å². The van der Waals surface area contributed by atoms with Crippen LogP contribution in [0, 0.1) is 0 Å². The molecule has 0 radical (unpaired) electrons. The predicted octanol–water partition coefficient (Wildman–Crippen LogP) is 2.72. The van der Waals surface area contributed by atoms with Crippen LogP contribution in [-0.4, -0.2) is 46.4 Å². The number of carbonyl (C=O) groups is 2. The number of carbonyl (C=O) groups excluding carboxylic acids is 2. The van der Waals surface area contributed by atoms with E-state index in [1.807, 2.05) is 60.7 Å². The minimum absolute atomic E-state index is 0.230. The lowest BCUT2D eigenvalue weighted by atomic mass is 10.1. The molecule has 2 aromatic rings. The van der Waals surface area contributed by atoms with E-state index in [1.54, 1.807) is 20.8 Å². The molecule has 2 amide bonds. The molecule has 0 aromatic heterocycles. The summed E-state index contributed by atoms with van der Waals surface area (Å²) in [6, 6.07) is 17.4. The fourth-order valence-electron chi connectivity index (χ4n) is 2.88. The molecule has 4 N–H and O–H groups in total. The van der Waals surface area contributed by atoms with E-state index in [0.29, 0.717) is 13.0 Å². The molecule has 0 fully saturated rings. The monoisotopic (exact) mass is 457 g/mol. The van der Waals surface area contributed by atoms with Crippen molar-refractivity contribution in [1.82, 2.24) is 16.0 Å². The summed E-state index contributed by atoms with van der Waals surface area (Å²) in [5.41, 5.74) is 1.22. The van der Waals surface area contributed by atoms with Crippen molar-refractivity contribution in [1.29, 1.82) is 0 Å². The van der Waals surface area contributed by atoms with E-state index in [4.69, 9.17) is 17.0 Å². The largest absolute Gasteiger partial charge is 0.444 e. The van der Waals surface area contributed by atoms with Gasteiger partial charge in [0.1, 0.15) is 11.6 Å². The lowest BCUT2D eigenvalue weighted by Gasteiger charge is -2.26. The third-order valence-corrected chi connectivity index (χ3v) is 4.82. The number of nitrogens with one attached hydrogen (secondary N) is 3. The Bertz CT molecular complexity index is 885. The number of hydrogen-bond donors (Lipinski definition) is 4. The van der Waals surface area contributed by atoms with Crippen molar-refractivity contribution < 1.29 is 19.4 Å². The first-order valence-electron chi connectivity index (χ1n) is 10.4. The van der Waals surface area contributed by atoms with E-state index in [1.165, 1.54) is 0 Å². The van der Waals surface area contributed by atoms with E-state index >= 15 is 0 Å². The highest BCUT2D eigenvalue weighted by Gasteiger charge is 2.26. The van der Waals surface area contributed by atoms with Gasteiger partial charge in [0.15, 0.2) is 0 Å². The van der Waals surface area contributed by atoms with Gasteiger partial charge < -0.3 is 25.8 Å². The van der Waals surface area contributed by atoms with Crippen LogP contribution >= 0.6 is 12.2 Å². The molecule has 2 aromatic carbocycles. The molecule has 0 saturated heterocycles. The Morgan fingerprint density at radius 1 is 0.938 bits per heavy atom. The van der Waals surface area contributed by atoms with Crippen molar-refractivity contribution >= 4 is 29.2 Å². The Morgan fingerprint density at radius 3 is 2.03 bits per heavy atom. The van der Waals surface area contributed by atoms with Crippen molar-refractivity contribution in [2.75, 3.05) is 6.61 Å². The standard InChI is InChI=1S/C24H31N3O4S/c1-24(2,3)31-23(30)27-19(14-17-10-6-4-7-11-17)22(32)26-20(16-28)21(29)25-15-18-12-8-5-9-13-18/h4-13,19-20,28H,14-16H2,1-3H3,(H,25,29)(H,26,32)(H,27,30)/t19-,20-/m0/s1. The first-order chi connectivity index (χ1) is 15.2. The Hall–Kier alpha value is -2.97. The lowest BCUT2D eigenvalue weighted by molar-refractivity contribution is -0.123. The molecule has 0 aliphatic heterocycles. The number of aliphatic hydroxyl groups excluding tert-OH is 1. The molecule has 7 nitrogen and oxygen atoms in total. The molecule has 0 aliphatic carbocycles. The zero-order valence-electron chi connectivity index (χ0n) is 18.6. The van der Waals surface area contributed by atoms with Gasteiger partial charge in [-0.1, -0.05) is 72.9 Å². The van der Waals surface area contributed by atoms with Crippen LogP contribution in [0.2, 0.25) is 0 Å². The third kappa shape index (κ3) is 9.03. The van der Waals surface area contributed by atoms with Gasteiger partial charge >= 0.3 is 6.09 Å². The number of ether oxygens (including phenoxy) is 1. The smallest absolute Gasteiger partial charge is 0.408 e. The molecule has 0 aliphatic rings. The first kappa shape index (κ1) is 25.3. The van der Waals surface area contributed by atoms with Gasteiger partial charge in [-0.15, -0.1) is 0 Å². The SMILES string of the molecule is CC(C)(C)OC(=O)N[C@@H](Cc1ccccc1)C(=S)N[C@@H](CO)C(=O)NCc1ccccc1. The second-order valence-corrected chi connectivity index (χ2v) is 8.78. The van der Waals surface area contributed by atoms with Crippen LogP contribution < -0.4 is 16.0 Å². The normalized spacial score (nSPS) is 12.9. The van der Waals surface area contributed by atoms with Crippen LogP contribution in [0.3, 0.4) is 0 Å². The molecule has 2 rings (SSSR count). The number of alkyl carbamates (subject to hydrolysis) is 1. The Morgan fingerprint density at radius 2 is 1.50 bits per heavy atom. The molecule has 0 heterocycles. The maximum Gasteiger partial charge on any atom is 0.408 e. The zero-order valence-corrected chi connectivity index (χ0v) is 19.4. The quantitative estimate of drug-likeness (QED) is 0.432. The van der Waals surface area contributed by atoms with Gasteiger partial charge in [-0.25, -0.2) is 4.79 Å². The van der Waals surface area contributed by atoms with Crippen molar-refractivity contribution in [3.8, 4) is 0 Å². The highest BCUT2D eigenvalue weighted by Crippen LogP contribution is 2.09. The molecule has 172 valence electrons. The third-order valence-electron chi connectivity index (χ3n) is 4.42. The van der Waals surface area contributed by atoms with E-state index in [9.17, 15) is 14.7 Å². The van der Waals surface area contributed by atoms with Crippen LogP contribution in [0.4, 0.5) is 4.79 Å². The maximum atomic E-state index is 12.6. The van der Waals surface area contributed by atoms with Crippen molar-refractivity contribution in [3.63, 3.8) is 0 Å². The van der Waals surface area contributed by atoms with Crippen LogP contribution in [0.25, 0.3) is 0 Å². The number of amides is 2. The van der Waals surface area contributed by atoms with Crippen LogP contribution in [0.5, 0.6) is 0 Å². The summed E-state index contributed by atoms with van der Waals surface area (Å²) in [4.78, 5) is 25.2. The van der Waals surface area contributed by atoms with Crippen LogP contribution in [0.15, 0.2) is 60.7 Å². The summed E-state index contributed by atoms with van der Waals surface area (Å²) < 4.78 is 5.36. The van der Waals surface area contributed by atoms with Crippen LogP contribution in [0.1, 0.15) is 31.9 Å². The van der Waals surface area contributed by atoms with Gasteiger partial charge in [0.05, 0.1) is 17.6 Å². The van der Waals surface area contributed by atoms with Gasteiger partial charge in [-0.05, 0) is 38.3 Å². The van der Waals surface area contributed by atoms with E-state index in [-0.39, 0.29) is 4.99 Å². The number of thiocarbonyl (C=S) groups is 1. The molecule has 0 bridgehead atoms. The number of hydrogen-bond acceptors (Lipinski definition) is 5. The molecule has 32 heavy (non-hydrogen) atoms. The maximum absolute atomic E-state index is 12.6. The highest BCUT2D eigenvalue weighted by atomic mass is 32.1. The Labute approximate surface area is 194 Å². The second kappa shape index (κ2) is 12.2. The van der Waals surface area contributed by atoms with Gasteiger partial charge in [0, 0.05) is 6.54 Å². The van der Waals surface area contributed by atoms with Crippen molar-refractivity contribution in [2.45, 2.75) is 51.4 Å². The fraction of sp³-hybridized carbons (Fsp3) is 0.375. The summed E-state index contributed by atoms with van der Waals surface area (Å²) in [5, 5.41) is 18.2. The number of aliphatic hydroxyl groups is 1. The van der Waals surface area contributed by atoms with Gasteiger partial charge in [-0.2, -0.15) is 0 Å². The second-order valence-electron chi connectivity index (χ2n) is 8.34. The minimum atomic E-state index is -0.954. The fourth-order valence-corrected chi connectivity index (χ4v) is 3.17. The topological polar surface area (TPSA) is 99.7 Å². The van der Waals surface area contributed by atoms with Crippen molar-refractivity contribution in [2.24, 2.45) is 0 Å². The molecule has 0 spiro atoms. The van der Waals surface area contributed by atoms with Crippen LogP contribution in [-0.2, 0) is 22.5 Å². The summed E-state index contributed by atoms with van der Waals surface area (Å²) in [5.74, 6) is -0.394. The average molecular weight is 458 g/mol. The predicted molar refractivity (Wildman–Crippen MR) is 128 cm³/mol. The Balaban J connectivity index is 2.04. The molecule has 0 saturated carbocycles. The minimum Gasteiger partial charge on any atom is -0.444 e. The summed E-state index contributed by atoms with van der Waals surface area (Å²) in [6.45, 7) is 5.19. The van der Waals surface area contributed by atoms with E-state index in [0.717, 1.165) is 11.1 Å². The van der Waals surface area contributed by atoms with E-state index < -0.39 is 36.3 Å². The average Bonchev–Trinajstić information content (AvgIpc) is 2.75. The molecular weight excluding hydrogens is 426 g/mol. The molecule has 8 heteroatoms. The van der Waals surface area contributed by atoms with Crippen molar-refractivity contribution in [3.05, 3.63) is 71.8 Å². The molecule has 0 unspecified atom stereocenters. The molecular formula is C24H31N3O4S. The summed E-state index contributed by atoms with van der Waals surface area (Å²) in [7, 11) is 0. The van der Waals surface area contributed by atoms with Gasteiger partial charge in [-0.3, -0.25) is 4.79 Å². The summed E-state index contributed by atoms with van der Waals surface area (Å²) in [6.07, 6.45) is -0.216. The zero-order chi connectivity index (χ0) is 23.6. The van der Waals surface area contributed by atoms with E-state index in [2.05, 4.69) is 16.0 Å². The number of benzene rings is 2. The molecule has 2 atom stereocenters.